The molecule has 0 radical (unpaired) electrons. The SMILES string of the molecule is CCNc1ccc(C#N)cc1N1CC(CS)CC1=O. The number of carbonyl (C=O) groups is 1. The van der Waals surface area contributed by atoms with Gasteiger partial charge in [0, 0.05) is 19.5 Å². The van der Waals surface area contributed by atoms with Gasteiger partial charge in [-0.15, -0.1) is 0 Å². The molecule has 1 saturated heterocycles. The number of nitriles is 1. The maximum Gasteiger partial charge on any atom is 0.227 e. The molecule has 2 rings (SSSR count). The molecule has 0 spiro atoms. The van der Waals surface area contributed by atoms with E-state index in [2.05, 4.69) is 24.0 Å². The van der Waals surface area contributed by atoms with Crippen LogP contribution in [-0.2, 0) is 4.79 Å². The van der Waals surface area contributed by atoms with Crippen LogP contribution in [0.1, 0.15) is 18.9 Å². The lowest BCUT2D eigenvalue weighted by Gasteiger charge is -2.21. The van der Waals surface area contributed by atoms with E-state index in [0.717, 1.165) is 17.9 Å². The zero-order valence-electron chi connectivity index (χ0n) is 10.9. The summed E-state index contributed by atoms with van der Waals surface area (Å²) in [7, 11) is 0. The summed E-state index contributed by atoms with van der Waals surface area (Å²) < 4.78 is 0. The molecular formula is C14H17N3OS. The fourth-order valence-electron chi connectivity index (χ4n) is 2.30. The molecule has 0 saturated carbocycles. The van der Waals surface area contributed by atoms with E-state index in [1.807, 2.05) is 13.0 Å². The zero-order chi connectivity index (χ0) is 13.8. The van der Waals surface area contributed by atoms with E-state index < -0.39 is 0 Å². The lowest BCUT2D eigenvalue weighted by atomic mass is 10.1. The van der Waals surface area contributed by atoms with Crippen molar-refractivity contribution in [2.24, 2.45) is 5.92 Å². The third-order valence-corrected chi connectivity index (χ3v) is 3.76. The topological polar surface area (TPSA) is 56.1 Å². The monoisotopic (exact) mass is 275 g/mol. The van der Waals surface area contributed by atoms with Crippen LogP contribution in [0.2, 0.25) is 0 Å². The summed E-state index contributed by atoms with van der Waals surface area (Å²) in [6.45, 7) is 3.46. The van der Waals surface area contributed by atoms with Gasteiger partial charge in [0.15, 0.2) is 0 Å². The number of hydrogen-bond donors (Lipinski definition) is 2. The molecule has 4 nitrogen and oxygen atoms in total. The predicted octanol–water partition coefficient (Wildman–Crippen LogP) is 2.27. The minimum Gasteiger partial charge on any atom is -0.384 e. The molecule has 1 heterocycles. The third-order valence-electron chi connectivity index (χ3n) is 3.25. The number of hydrogen-bond acceptors (Lipinski definition) is 4. The number of amides is 1. The summed E-state index contributed by atoms with van der Waals surface area (Å²) in [6.07, 6.45) is 0.534. The number of nitrogens with one attached hydrogen (secondary N) is 1. The molecule has 1 amide bonds. The molecule has 1 atom stereocenters. The van der Waals surface area contributed by atoms with Crippen molar-refractivity contribution >= 4 is 29.9 Å². The van der Waals surface area contributed by atoms with E-state index in [-0.39, 0.29) is 11.8 Å². The van der Waals surface area contributed by atoms with Gasteiger partial charge in [0.25, 0.3) is 0 Å². The average Bonchev–Trinajstić information content (AvgIpc) is 2.81. The molecule has 1 aliphatic rings. The Hall–Kier alpha value is -1.67. The summed E-state index contributed by atoms with van der Waals surface area (Å²) in [6, 6.07) is 7.52. The van der Waals surface area contributed by atoms with Crippen LogP contribution in [0.4, 0.5) is 11.4 Å². The first kappa shape index (κ1) is 13.8. The molecule has 1 aliphatic heterocycles. The van der Waals surface area contributed by atoms with E-state index in [1.165, 1.54) is 0 Å². The van der Waals surface area contributed by atoms with Crippen molar-refractivity contribution in [2.45, 2.75) is 13.3 Å². The standard InChI is InChI=1S/C14H17N3OS/c1-2-16-12-4-3-10(7-15)5-13(12)17-8-11(9-19)6-14(17)18/h3-5,11,16,19H,2,6,8-9H2,1H3. The summed E-state index contributed by atoms with van der Waals surface area (Å²) in [4.78, 5) is 13.8. The van der Waals surface area contributed by atoms with Crippen LogP contribution in [0, 0.1) is 17.2 Å². The quantitative estimate of drug-likeness (QED) is 0.829. The number of benzene rings is 1. The zero-order valence-corrected chi connectivity index (χ0v) is 11.8. The van der Waals surface area contributed by atoms with Crippen LogP contribution in [0.25, 0.3) is 0 Å². The highest BCUT2D eigenvalue weighted by molar-refractivity contribution is 7.80. The molecule has 1 aromatic carbocycles. The first-order chi connectivity index (χ1) is 9.19. The van der Waals surface area contributed by atoms with Crippen molar-refractivity contribution in [2.75, 3.05) is 29.1 Å². The molecule has 0 bridgehead atoms. The maximum absolute atomic E-state index is 12.1. The average molecular weight is 275 g/mol. The number of nitrogens with zero attached hydrogens (tertiary/aromatic N) is 2. The van der Waals surface area contributed by atoms with E-state index in [0.29, 0.717) is 24.3 Å². The minimum atomic E-state index is 0.105. The lowest BCUT2D eigenvalue weighted by molar-refractivity contribution is -0.117. The fourth-order valence-corrected chi connectivity index (χ4v) is 2.55. The molecule has 0 aromatic heterocycles. The second-order valence-corrected chi connectivity index (χ2v) is 5.00. The smallest absolute Gasteiger partial charge is 0.227 e. The van der Waals surface area contributed by atoms with E-state index >= 15 is 0 Å². The predicted molar refractivity (Wildman–Crippen MR) is 79.6 cm³/mol. The Balaban J connectivity index is 2.37. The van der Waals surface area contributed by atoms with Crippen molar-refractivity contribution in [3.8, 4) is 6.07 Å². The van der Waals surface area contributed by atoms with Crippen molar-refractivity contribution in [3.63, 3.8) is 0 Å². The third kappa shape index (κ3) is 2.85. The molecule has 5 heteroatoms. The molecule has 1 aromatic rings. The minimum absolute atomic E-state index is 0.105. The molecule has 1 unspecified atom stereocenters. The summed E-state index contributed by atoms with van der Waals surface area (Å²) in [5, 5.41) is 12.2. The van der Waals surface area contributed by atoms with Gasteiger partial charge in [-0.25, -0.2) is 0 Å². The normalized spacial score (nSPS) is 18.5. The Morgan fingerprint density at radius 2 is 2.37 bits per heavy atom. The summed E-state index contributed by atoms with van der Waals surface area (Å²) >= 11 is 4.27. The highest BCUT2D eigenvalue weighted by Gasteiger charge is 2.31. The van der Waals surface area contributed by atoms with E-state index in [4.69, 9.17) is 5.26 Å². The van der Waals surface area contributed by atoms with Crippen LogP contribution in [-0.4, -0.2) is 24.7 Å². The Kier molecular flexibility index (Phi) is 4.33. The lowest BCUT2D eigenvalue weighted by Crippen LogP contribution is -2.26. The van der Waals surface area contributed by atoms with Gasteiger partial charge in [0.1, 0.15) is 0 Å². The van der Waals surface area contributed by atoms with Gasteiger partial charge in [0.05, 0.1) is 23.0 Å². The molecule has 0 aliphatic carbocycles. The second-order valence-electron chi connectivity index (χ2n) is 4.63. The van der Waals surface area contributed by atoms with Gasteiger partial charge in [-0.1, -0.05) is 0 Å². The van der Waals surface area contributed by atoms with Gasteiger partial charge in [-0.3, -0.25) is 4.79 Å². The van der Waals surface area contributed by atoms with Gasteiger partial charge in [-0.05, 0) is 36.8 Å². The Morgan fingerprint density at radius 3 is 2.95 bits per heavy atom. The van der Waals surface area contributed by atoms with Gasteiger partial charge < -0.3 is 10.2 Å². The van der Waals surface area contributed by atoms with Crippen LogP contribution >= 0.6 is 12.6 Å². The fraction of sp³-hybridized carbons (Fsp3) is 0.429. The van der Waals surface area contributed by atoms with Crippen LogP contribution in [0.5, 0.6) is 0 Å². The Morgan fingerprint density at radius 1 is 1.58 bits per heavy atom. The van der Waals surface area contributed by atoms with E-state index in [9.17, 15) is 4.79 Å². The molecule has 1 N–H and O–H groups in total. The first-order valence-electron chi connectivity index (χ1n) is 6.38. The van der Waals surface area contributed by atoms with Gasteiger partial charge in [0.2, 0.25) is 5.91 Å². The van der Waals surface area contributed by atoms with Crippen molar-refractivity contribution in [1.82, 2.24) is 0 Å². The Labute approximate surface area is 118 Å². The number of thiol groups is 1. The first-order valence-corrected chi connectivity index (χ1v) is 7.02. The van der Waals surface area contributed by atoms with Gasteiger partial charge in [-0.2, -0.15) is 17.9 Å². The second kappa shape index (κ2) is 5.98. The number of carbonyl (C=O) groups excluding carboxylic acids is 1. The van der Waals surface area contributed by atoms with Crippen molar-refractivity contribution < 1.29 is 4.79 Å². The summed E-state index contributed by atoms with van der Waals surface area (Å²) in [5.41, 5.74) is 2.27. The molecule has 19 heavy (non-hydrogen) atoms. The van der Waals surface area contributed by atoms with Crippen molar-refractivity contribution in [1.29, 1.82) is 5.26 Å². The highest BCUT2D eigenvalue weighted by Crippen LogP contribution is 2.32. The summed E-state index contributed by atoms with van der Waals surface area (Å²) in [5.74, 6) is 1.10. The maximum atomic E-state index is 12.1. The highest BCUT2D eigenvalue weighted by atomic mass is 32.1. The van der Waals surface area contributed by atoms with E-state index in [1.54, 1.807) is 17.0 Å². The molecule has 1 fully saturated rings. The molecular weight excluding hydrogens is 258 g/mol. The van der Waals surface area contributed by atoms with Crippen molar-refractivity contribution in [3.05, 3.63) is 23.8 Å². The van der Waals surface area contributed by atoms with Gasteiger partial charge >= 0.3 is 0 Å². The largest absolute Gasteiger partial charge is 0.384 e. The van der Waals surface area contributed by atoms with Crippen LogP contribution in [0.3, 0.4) is 0 Å². The number of anilines is 2. The molecule has 100 valence electrons. The number of rotatable bonds is 4. The Bertz CT molecular complexity index is 524. The van der Waals surface area contributed by atoms with Crippen LogP contribution < -0.4 is 10.2 Å². The van der Waals surface area contributed by atoms with Crippen LogP contribution in [0.15, 0.2) is 18.2 Å².